The summed E-state index contributed by atoms with van der Waals surface area (Å²) < 4.78 is 28.4. The molecule has 0 saturated heterocycles. The summed E-state index contributed by atoms with van der Waals surface area (Å²) >= 11 is 0. The molecule has 0 amide bonds. The summed E-state index contributed by atoms with van der Waals surface area (Å²) in [5.74, 6) is -5.95. The van der Waals surface area contributed by atoms with E-state index in [-0.39, 0.29) is 38.0 Å². The molecule has 0 aromatic carbocycles. The van der Waals surface area contributed by atoms with Gasteiger partial charge in [0.15, 0.2) is 0 Å². The van der Waals surface area contributed by atoms with Gasteiger partial charge in [-0.25, -0.2) is 0 Å². The van der Waals surface area contributed by atoms with Crippen LogP contribution in [0.25, 0.3) is 0 Å². The molecule has 40 heavy (non-hydrogen) atoms. The number of rotatable bonds is 17. The fourth-order valence-electron chi connectivity index (χ4n) is 2.27. The molecule has 226 valence electrons. The zero-order valence-electron chi connectivity index (χ0n) is 23.8. The topological polar surface area (TPSA) is 192 Å². The van der Waals surface area contributed by atoms with Crippen molar-refractivity contribution in [3.8, 4) is 0 Å². The molecule has 0 fully saturated rings. The maximum Gasteiger partial charge on any atom is 0.317 e. The monoisotopic (exact) mass is 574 g/mol. The fraction of sp³-hybridized carbons (Fsp3) is 0.692. The van der Waals surface area contributed by atoms with Crippen LogP contribution in [0, 0.1) is 10.8 Å². The van der Waals surface area contributed by atoms with E-state index in [1.807, 2.05) is 0 Å². The SMILES string of the molecule is CC(C)(C)C(=O)CC(=O)OCCOC(=O)CC(=O)OCCOC(=O)CC(=O)OCCOC(=O)CC(=O)C(C)(C)C. The second-order valence-electron chi connectivity index (χ2n) is 10.4. The highest BCUT2D eigenvalue weighted by atomic mass is 16.6. The van der Waals surface area contributed by atoms with Gasteiger partial charge in [0, 0.05) is 10.8 Å². The Kier molecular flexibility index (Phi) is 16.0. The minimum absolute atomic E-state index is 0.293. The predicted octanol–water partition coefficient (Wildman–Crippen LogP) is 1.04. The molecular formula is C26H38O14. The Morgan fingerprint density at radius 2 is 0.525 bits per heavy atom. The molecule has 0 atom stereocenters. The van der Waals surface area contributed by atoms with Crippen LogP contribution in [0.15, 0.2) is 0 Å². The molecule has 0 heterocycles. The van der Waals surface area contributed by atoms with Crippen molar-refractivity contribution in [2.45, 2.75) is 67.2 Å². The molecule has 0 aliphatic carbocycles. The third-order valence-electron chi connectivity index (χ3n) is 4.69. The Hall–Kier alpha value is -3.84. The lowest BCUT2D eigenvalue weighted by Crippen LogP contribution is -2.25. The molecular weight excluding hydrogens is 536 g/mol. The summed E-state index contributed by atoms with van der Waals surface area (Å²) in [6.45, 7) is 7.96. The van der Waals surface area contributed by atoms with E-state index in [1.54, 1.807) is 41.5 Å². The Bertz CT molecular complexity index is 860. The van der Waals surface area contributed by atoms with Crippen molar-refractivity contribution in [1.29, 1.82) is 0 Å². The van der Waals surface area contributed by atoms with Crippen LogP contribution in [-0.2, 0) is 66.8 Å². The lowest BCUT2D eigenvalue weighted by atomic mass is 9.89. The van der Waals surface area contributed by atoms with Gasteiger partial charge >= 0.3 is 35.8 Å². The van der Waals surface area contributed by atoms with Crippen LogP contribution >= 0.6 is 0 Å². The molecule has 14 nitrogen and oxygen atoms in total. The Balaban J connectivity index is 3.91. The predicted molar refractivity (Wildman–Crippen MR) is 133 cm³/mol. The average molecular weight is 575 g/mol. The van der Waals surface area contributed by atoms with Crippen LogP contribution < -0.4 is 0 Å². The van der Waals surface area contributed by atoms with E-state index in [0.717, 1.165) is 0 Å². The largest absolute Gasteiger partial charge is 0.462 e. The summed E-state index contributed by atoms with van der Waals surface area (Å²) in [4.78, 5) is 93.1. The molecule has 0 saturated carbocycles. The molecule has 0 unspecified atom stereocenters. The average Bonchev–Trinajstić information content (AvgIpc) is 2.81. The lowest BCUT2D eigenvalue weighted by molar-refractivity contribution is -0.162. The van der Waals surface area contributed by atoms with Crippen molar-refractivity contribution < 1.29 is 66.8 Å². The highest BCUT2D eigenvalue weighted by molar-refractivity contribution is 5.98. The number of hydrogen-bond donors (Lipinski definition) is 0. The van der Waals surface area contributed by atoms with Crippen molar-refractivity contribution in [3.63, 3.8) is 0 Å². The quantitative estimate of drug-likeness (QED) is 0.103. The smallest absolute Gasteiger partial charge is 0.317 e. The van der Waals surface area contributed by atoms with Crippen LogP contribution in [0.5, 0.6) is 0 Å². The molecule has 0 spiro atoms. The first-order chi connectivity index (χ1) is 18.4. The van der Waals surface area contributed by atoms with Crippen molar-refractivity contribution in [1.82, 2.24) is 0 Å². The third kappa shape index (κ3) is 18.4. The van der Waals surface area contributed by atoms with E-state index in [2.05, 4.69) is 0 Å². The molecule has 0 bridgehead atoms. The molecule has 0 radical (unpaired) electrons. The van der Waals surface area contributed by atoms with Gasteiger partial charge in [-0.05, 0) is 0 Å². The van der Waals surface area contributed by atoms with E-state index >= 15 is 0 Å². The molecule has 0 aliphatic rings. The van der Waals surface area contributed by atoms with Gasteiger partial charge in [0.25, 0.3) is 0 Å². The summed E-state index contributed by atoms with van der Waals surface area (Å²) in [6.07, 6.45) is -2.30. The maximum atomic E-state index is 11.7. The Labute approximate surface area is 232 Å². The summed E-state index contributed by atoms with van der Waals surface area (Å²) in [5, 5.41) is 0. The van der Waals surface area contributed by atoms with Crippen LogP contribution in [-0.4, -0.2) is 87.0 Å². The number of esters is 6. The van der Waals surface area contributed by atoms with Crippen LogP contribution in [0.4, 0.5) is 0 Å². The normalized spacial score (nSPS) is 11.1. The molecule has 0 aromatic heterocycles. The van der Waals surface area contributed by atoms with Crippen molar-refractivity contribution in [2.75, 3.05) is 39.6 Å². The standard InChI is InChI=1S/C26H38O14/c1-25(2,3)17(27)13-19(29)35-7-9-37-21(31)15-23(33)39-11-12-40-24(34)16-22(32)38-10-8-36-20(30)14-18(28)26(4,5)6/h7-16H2,1-6H3. The molecule has 0 aromatic rings. The van der Waals surface area contributed by atoms with Gasteiger partial charge in [0.05, 0.1) is 0 Å². The molecule has 14 heteroatoms. The molecule has 0 rings (SSSR count). The second-order valence-corrected chi connectivity index (χ2v) is 10.4. The van der Waals surface area contributed by atoms with Crippen LogP contribution in [0.3, 0.4) is 0 Å². The number of carbonyl (C=O) groups is 8. The molecule has 0 N–H and O–H groups in total. The number of Topliss-reactive ketones (excluding diaryl/α,β-unsaturated/α-hetero) is 2. The lowest BCUT2D eigenvalue weighted by Gasteiger charge is -2.15. The van der Waals surface area contributed by atoms with Crippen LogP contribution in [0.2, 0.25) is 0 Å². The first-order valence-electron chi connectivity index (χ1n) is 12.4. The zero-order chi connectivity index (χ0) is 30.9. The Morgan fingerprint density at radius 3 is 0.700 bits per heavy atom. The molecule has 0 aliphatic heterocycles. The number of ketones is 2. The van der Waals surface area contributed by atoms with Crippen molar-refractivity contribution >= 4 is 47.4 Å². The highest BCUT2D eigenvalue weighted by Gasteiger charge is 2.25. The highest BCUT2D eigenvalue weighted by Crippen LogP contribution is 2.17. The number of ether oxygens (including phenoxy) is 6. The third-order valence-corrected chi connectivity index (χ3v) is 4.69. The van der Waals surface area contributed by atoms with Gasteiger partial charge in [-0.3, -0.25) is 38.4 Å². The minimum atomic E-state index is -0.966. The van der Waals surface area contributed by atoms with Gasteiger partial charge in [-0.1, -0.05) is 41.5 Å². The number of carbonyl (C=O) groups excluding carboxylic acids is 8. The van der Waals surface area contributed by atoms with E-state index in [4.69, 9.17) is 28.4 Å². The summed E-state index contributed by atoms with van der Waals surface area (Å²) in [5.41, 5.74) is -1.38. The van der Waals surface area contributed by atoms with Gasteiger partial charge in [-0.15, -0.1) is 0 Å². The van der Waals surface area contributed by atoms with E-state index in [1.165, 1.54) is 0 Å². The summed E-state index contributed by atoms with van der Waals surface area (Å²) in [7, 11) is 0. The van der Waals surface area contributed by atoms with E-state index in [0.29, 0.717) is 0 Å². The van der Waals surface area contributed by atoms with Gasteiger partial charge < -0.3 is 28.4 Å². The van der Waals surface area contributed by atoms with Gasteiger partial charge in [0.2, 0.25) is 0 Å². The minimum Gasteiger partial charge on any atom is -0.462 e. The van der Waals surface area contributed by atoms with Crippen molar-refractivity contribution in [3.05, 3.63) is 0 Å². The van der Waals surface area contributed by atoms with Gasteiger partial charge in [-0.2, -0.15) is 0 Å². The van der Waals surface area contributed by atoms with E-state index in [9.17, 15) is 38.4 Å². The van der Waals surface area contributed by atoms with Gasteiger partial charge in [0.1, 0.15) is 76.9 Å². The fourth-order valence-corrected chi connectivity index (χ4v) is 2.27. The second kappa shape index (κ2) is 17.7. The first kappa shape index (κ1) is 36.2. The zero-order valence-corrected chi connectivity index (χ0v) is 23.8. The van der Waals surface area contributed by atoms with E-state index < -0.39 is 85.5 Å². The summed E-state index contributed by atoms with van der Waals surface area (Å²) in [6, 6.07) is 0. The van der Waals surface area contributed by atoms with Crippen LogP contribution in [0.1, 0.15) is 67.2 Å². The number of hydrogen-bond acceptors (Lipinski definition) is 14. The first-order valence-corrected chi connectivity index (χ1v) is 12.4. The Morgan fingerprint density at radius 1 is 0.350 bits per heavy atom. The van der Waals surface area contributed by atoms with Crippen molar-refractivity contribution in [2.24, 2.45) is 10.8 Å². The maximum absolute atomic E-state index is 11.7.